The van der Waals surface area contributed by atoms with Gasteiger partial charge >= 0.3 is 6.09 Å². The lowest BCUT2D eigenvalue weighted by molar-refractivity contribution is -0.118. The number of alkyl carbamates (subject to hydrolysis) is 1. The van der Waals surface area contributed by atoms with Crippen molar-refractivity contribution in [3.8, 4) is 0 Å². The van der Waals surface area contributed by atoms with Gasteiger partial charge in [-0.3, -0.25) is 4.79 Å². The van der Waals surface area contributed by atoms with E-state index >= 15 is 0 Å². The minimum absolute atomic E-state index is 0.0596. The van der Waals surface area contributed by atoms with Gasteiger partial charge in [-0.15, -0.1) is 11.8 Å². The Morgan fingerprint density at radius 2 is 1.86 bits per heavy atom. The molecular formula is C15H21BrN2O3S. The van der Waals surface area contributed by atoms with E-state index in [9.17, 15) is 9.59 Å². The average molecular weight is 389 g/mol. The molecule has 2 amide bonds. The number of amides is 2. The summed E-state index contributed by atoms with van der Waals surface area (Å²) >= 11 is 5.00. The van der Waals surface area contributed by atoms with Gasteiger partial charge in [0, 0.05) is 22.5 Å². The zero-order chi connectivity index (χ0) is 16.5. The fraction of sp³-hybridized carbons (Fsp3) is 0.467. The summed E-state index contributed by atoms with van der Waals surface area (Å²) in [6, 6.07) is 4.12. The predicted molar refractivity (Wildman–Crippen MR) is 92.4 cm³/mol. The van der Waals surface area contributed by atoms with Crippen molar-refractivity contribution in [3.05, 3.63) is 27.7 Å². The maximum absolute atomic E-state index is 11.8. The second-order valence-corrected chi connectivity index (χ2v) is 6.52. The topological polar surface area (TPSA) is 67.4 Å². The van der Waals surface area contributed by atoms with Crippen LogP contribution in [0.1, 0.15) is 18.1 Å². The molecule has 0 bridgehead atoms. The van der Waals surface area contributed by atoms with Crippen LogP contribution in [0.3, 0.4) is 0 Å². The van der Waals surface area contributed by atoms with E-state index in [1.807, 2.05) is 13.8 Å². The number of hydrogen-bond donors (Lipinski definition) is 2. The second-order valence-electron chi connectivity index (χ2n) is 4.65. The lowest BCUT2D eigenvalue weighted by Crippen LogP contribution is -2.35. The Morgan fingerprint density at radius 1 is 1.18 bits per heavy atom. The molecule has 0 atom stereocenters. The van der Waals surface area contributed by atoms with Crippen molar-refractivity contribution in [1.29, 1.82) is 0 Å². The largest absolute Gasteiger partial charge is 0.450 e. The summed E-state index contributed by atoms with van der Waals surface area (Å²) < 4.78 is 5.79. The maximum Gasteiger partial charge on any atom is 0.407 e. The maximum atomic E-state index is 11.8. The monoisotopic (exact) mass is 388 g/mol. The van der Waals surface area contributed by atoms with E-state index in [0.717, 1.165) is 20.5 Å². The number of thioether (sulfide) groups is 1. The van der Waals surface area contributed by atoms with E-state index in [1.54, 1.807) is 6.92 Å². The molecule has 2 N–H and O–H groups in total. The standard InChI is InChI=1S/C15H21BrN2O3S/c1-4-21-15(20)18-6-5-17-14(19)9-22-13-8-10(2)12(16)7-11(13)3/h7-8H,4-6,9H2,1-3H3,(H,17,19)(H,18,20). The van der Waals surface area contributed by atoms with Crippen molar-refractivity contribution in [2.75, 3.05) is 25.4 Å². The molecule has 0 aliphatic carbocycles. The molecule has 0 fully saturated rings. The summed E-state index contributed by atoms with van der Waals surface area (Å²) in [4.78, 5) is 23.9. The highest BCUT2D eigenvalue weighted by Crippen LogP contribution is 2.28. The fourth-order valence-electron chi connectivity index (χ4n) is 1.65. The number of carbonyl (C=O) groups excluding carboxylic acids is 2. The van der Waals surface area contributed by atoms with E-state index in [-0.39, 0.29) is 5.91 Å². The van der Waals surface area contributed by atoms with Gasteiger partial charge in [-0.25, -0.2) is 4.79 Å². The van der Waals surface area contributed by atoms with Crippen LogP contribution >= 0.6 is 27.7 Å². The van der Waals surface area contributed by atoms with Crippen molar-refractivity contribution in [3.63, 3.8) is 0 Å². The molecule has 0 saturated heterocycles. The number of carbonyl (C=O) groups is 2. The molecule has 0 spiro atoms. The number of hydrogen-bond acceptors (Lipinski definition) is 4. The molecule has 0 radical (unpaired) electrons. The van der Waals surface area contributed by atoms with Crippen LogP contribution in [0.25, 0.3) is 0 Å². The smallest absolute Gasteiger partial charge is 0.407 e. The first kappa shape index (κ1) is 18.8. The molecule has 0 aliphatic heterocycles. The highest BCUT2D eigenvalue weighted by atomic mass is 79.9. The van der Waals surface area contributed by atoms with Crippen molar-refractivity contribution < 1.29 is 14.3 Å². The quantitative estimate of drug-likeness (QED) is 0.556. The van der Waals surface area contributed by atoms with Crippen LogP contribution in [-0.4, -0.2) is 37.4 Å². The molecule has 0 saturated carbocycles. The summed E-state index contributed by atoms with van der Waals surface area (Å²) in [6.45, 7) is 6.86. The molecule has 5 nitrogen and oxygen atoms in total. The van der Waals surface area contributed by atoms with Gasteiger partial charge in [0.05, 0.1) is 12.4 Å². The molecule has 0 unspecified atom stereocenters. The molecule has 1 aromatic rings. The number of benzene rings is 1. The Labute approximate surface area is 143 Å². The number of ether oxygens (including phenoxy) is 1. The summed E-state index contributed by atoms with van der Waals surface area (Å²) in [5.41, 5.74) is 2.28. The number of halogens is 1. The van der Waals surface area contributed by atoms with Crippen molar-refractivity contribution in [1.82, 2.24) is 10.6 Å². The molecule has 122 valence electrons. The zero-order valence-corrected chi connectivity index (χ0v) is 15.4. The first-order valence-electron chi connectivity index (χ1n) is 7.01. The summed E-state index contributed by atoms with van der Waals surface area (Å²) in [7, 11) is 0. The van der Waals surface area contributed by atoms with E-state index < -0.39 is 6.09 Å². The van der Waals surface area contributed by atoms with Gasteiger partial charge in [0.1, 0.15) is 0 Å². The molecule has 7 heteroatoms. The minimum Gasteiger partial charge on any atom is -0.450 e. The highest BCUT2D eigenvalue weighted by molar-refractivity contribution is 9.10. The van der Waals surface area contributed by atoms with E-state index in [1.165, 1.54) is 11.8 Å². The van der Waals surface area contributed by atoms with Gasteiger partial charge in [-0.05, 0) is 44.0 Å². The highest BCUT2D eigenvalue weighted by Gasteiger charge is 2.07. The normalized spacial score (nSPS) is 10.2. The first-order valence-corrected chi connectivity index (χ1v) is 8.78. The molecule has 0 heterocycles. The Bertz CT molecular complexity index is 538. The number of nitrogens with one attached hydrogen (secondary N) is 2. The molecule has 22 heavy (non-hydrogen) atoms. The van der Waals surface area contributed by atoms with Crippen LogP contribution in [-0.2, 0) is 9.53 Å². The third-order valence-corrected chi connectivity index (χ3v) is 4.82. The van der Waals surface area contributed by atoms with Crippen molar-refractivity contribution >= 4 is 39.7 Å². The Hall–Kier alpha value is -1.21. The SMILES string of the molecule is CCOC(=O)NCCNC(=O)CSc1cc(C)c(Br)cc1C. The molecular weight excluding hydrogens is 368 g/mol. The molecule has 1 aromatic carbocycles. The summed E-state index contributed by atoms with van der Waals surface area (Å²) in [6.07, 6.45) is -0.466. The van der Waals surface area contributed by atoms with E-state index in [4.69, 9.17) is 4.74 Å². The van der Waals surface area contributed by atoms with Crippen LogP contribution in [0.4, 0.5) is 4.79 Å². The van der Waals surface area contributed by atoms with Crippen LogP contribution in [0, 0.1) is 13.8 Å². The average Bonchev–Trinajstić information content (AvgIpc) is 2.46. The van der Waals surface area contributed by atoms with E-state index in [2.05, 4.69) is 38.7 Å². The van der Waals surface area contributed by atoms with Gasteiger partial charge in [-0.1, -0.05) is 15.9 Å². The molecule has 0 aliphatic rings. The minimum atomic E-state index is -0.466. The van der Waals surface area contributed by atoms with Gasteiger partial charge < -0.3 is 15.4 Å². The zero-order valence-electron chi connectivity index (χ0n) is 13.0. The van der Waals surface area contributed by atoms with Gasteiger partial charge in [0.2, 0.25) is 5.91 Å². The van der Waals surface area contributed by atoms with Gasteiger partial charge in [0.25, 0.3) is 0 Å². The summed E-state index contributed by atoms with van der Waals surface area (Å²) in [5.74, 6) is 0.289. The lowest BCUT2D eigenvalue weighted by Gasteiger charge is -2.09. The fourth-order valence-corrected chi connectivity index (χ4v) is 3.05. The van der Waals surface area contributed by atoms with Crippen LogP contribution in [0.2, 0.25) is 0 Å². The number of aryl methyl sites for hydroxylation is 2. The van der Waals surface area contributed by atoms with Gasteiger partial charge in [-0.2, -0.15) is 0 Å². The Kier molecular flexibility index (Phi) is 8.34. The second kappa shape index (κ2) is 9.74. The Morgan fingerprint density at radius 3 is 2.55 bits per heavy atom. The molecule has 1 rings (SSSR count). The molecule has 0 aromatic heterocycles. The van der Waals surface area contributed by atoms with Crippen LogP contribution in [0.15, 0.2) is 21.5 Å². The lowest BCUT2D eigenvalue weighted by atomic mass is 10.2. The first-order chi connectivity index (χ1) is 10.4. The van der Waals surface area contributed by atoms with Crippen LogP contribution in [0.5, 0.6) is 0 Å². The third kappa shape index (κ3) is 6.70. The van der Waals surface area contributed by atoms with E-state index in [0.29, 0.717) is 25.4 Å². The van der Waals surface area contributed by atoms with Crippen molar-refractivity contribution in [2.45, 2.75) is 25.7 Å². The van der Waals surface area contributed by atoms with Crippen LogP contribution < -0.4 is 10.6 Å². The Balaban J connectivity index is 2.29. The van der Waals surface area contributed by atoms with Gasteiger partial charge in [0.15, 0.2) is 0 Å². The van der Waals surface area contributed by atoms with Crippen molar-refractivity contribution in [2.24, 2.45) is 0 Å². The third-order valence-electron chi connectivity index (χ3n) is 2.81. The number of rotatable bonds is 7. The predicted octanol–water partition coefficient (Wildman–Crippen LogP) is 3.02. The summed E-state index contributed by atoms with van der Waals surface area (Å²) in [5, 5.41) is 5.30.